The van der Waals surface area contributed by atoms with Gasteiger partial charge in [-0.05, 0) is 11.4 Å². The zero-order valence-corrected chi connectivity index (χ0v) is 8.44. The topological polar surface area (TPSA) is 43.1 Å². The van der Waals surface area contributed by atoms with E-state index in [-0.39, 0.29) is 4.70 Å². The van der Waals surface area contributed by atoms with Crippen molar-refractivity contribution in [1.29, 1.82) is 0 Å². The quantitative estimate of drug-likeness (QED) is 0.463. The average Bonchev–Trinajstić information content (AvgIpc) is 2.59. The fraction of sp³-hybridized carbons (Fsp3) is 0. The lowest BCUT2D eigenvalue weighted by atomic mass is 10.2. The molecule has 6 heteroatoms. The van der Waals surface area contributed by atoms with Crippen LogP contribution in [0.5, 0.6) is 0 Å². The van der Waals surface area contributed by atoms with Gasteiger partial charge in [-0.1, -0.05) is 0 Å². The molecule has 0 bridgehead atoms. The van der Waals surface area contributed by atoms with Crippen molar-refractivity contribution in [2.24, 2.45) is 0 Å². The van der Waals surface area contributed by atoms with Gasteiger partial charge in [0.25, 0.3) is 0 Å². The van der Waals surface area contributed by atoms with Crippen molar-refractivity contribution in [3.63, 3.8) is 0 Å². The maximum absolute atomic E-state index is 13.5. The lowest BCUT2D eigenvalue weighted by Crippen LogP contribution is -1.92. The summed E-state index contributed by atoms with van der Waals surface area (Å²) in [4.78, 5) is 10.2. The largest absolute Gasteiger partial charge is 0.307 e. The van der Waals surface area contributed by atoms with Crippen molar-refractivity contribution in [3.05, 3.63) is 33.4 Å². The van der Waals surface area contributed by atoms with Crippen LogP contribution in [-0.2, 0) is 0 Å². The fourth-order valence-corrected chi connectivity index (χ4v) is 2.44. The van der Waals surface area contributed by atoms with Crippen LogP contribution in [0.2, 0.25) is 0 Å². The standard InChI is InChI=1S/C8H4FNO2S2/c9-7-5(10(11)12)3-6(13)4-1-2-14-8(4)7/h1-3,13H. The molecular weight excluding hydrogens is 225 g/mol. The van der Waals surface area contributed by atoms with Crippen LogP contribution in [0.1, 0.15) is 0 Å². The van der Waals surface area contributed by atoms with Crippen LogP contribution < -0.4 is 0 Å². The van der Waals surface area contributed by atoms with E-state index in [0.717, 1.165) is 17.4 Å². The number of thiol groups is 1. The third-order valence-corrected chi connectivity index (χ3v) is 3.11. The van der Waals surface area contributed by atoms with Crippen molar-refractivity contribution in [3.8, 4) is 0 Å². The monoisotopic (exact) mass is 229 g/mol. The van der Waals surface area contributed by atoms with E-state index < -0.39 is 16.4 Å². The fourth-order valence-electron chi connectivity index (χ4n) is 1.20. The van der Waals surface area contributed by atoms with Gasteiger partial charge in [0.2, 0.25) is 5.82 Å². The number of nitro groups is 1. The number of thiophene rings is 1. The molecule has 0 aliphatic heterocycles. The highest BCUT2D eigenvalue weighted by Crippen LogP contribution is 2.34. The van der Waals surface area contributed by atoms with E-state index in [4.69, 9.17) is 0 Å². The minimum atomic E-state index is -0.780. The second kappa shape index (κ2) is 3.21. The van der Waals surface area contributed by atoms with Gasteiger partial charge in [-0.3, -0.25) is 10.1 Å². The van der Waals surface area contributed by atoms with Crippen LogP contribution in [0.4, 0.5) is 10.1 Å². The number of benzene rings is 1. The lowest BCUT2D eigenvalue weighted by Gasteiger charge is -1.98. The Bertz CT molecular complexity index is 523. The lowest BCUT2D eigenvalue weighted by molar-refractivity contribution is -0.387. The zero-order valence-electron chi connectivity index (χ0n) is 6.73. The van der Waals surface area contributed by atoms with E-state index in [0.29, 0.717) is 10.3 Å². The summed E-state index contributed by atoms with van der Waals surface area (Å²) in [5.74, 6) is -0.780. The molecule has 0 N–H and O–H groups in total. The van der Waals surface area contributed by atoms with Gasteiger partial charge in [0.1, 0.15) is 0 Å². The van der Waals surface area contributed by atoms with E-state index in [1.165, 1.54) is 0 Å². The molecule has 3 nitrogen and oxygen atoms in total. The summed E-state index contributed by atoms with van der Waals surface area (Å²) in [6, 6.07) is 2.82. The number of hydrogen-bond donors (Lipinski definition) is 1. The minimum Gasteiger partial charge on any atom is -0.258 e. The molecule has 0 aliphatic carbocycles. The van der Waals surface area contributed by atoms with E-state index in [1.807, 2.05) is 0 Å². The van der Waals surface area contributed by atoms with Gasteiger partial charge in [-0.25, -0.2) is 0 Å². The number of rotatable bonds is 1. The first-order chi connectivity index (χ1) is 6.61. The van der Waals surface area contributed by atoms with E-state index in [1.54, 1.807) is 11.4 Å². The molecule has 0 saturated heterocycles. The number of halogens is 1. The zero-order chi connectivity index (χ0) is 10.3. The number of nitrogens with zero attached hydrogens (tertiary/aromatic N) is 1. The second-order valence-electron chi connectivity index (χ2n) is 2.65. The molecule has 2 rings (SSSR count). The maximum atomic E-state index is 13.5. The molecule has 1 aromatic carbocycles. The van der Waals surface area contributed by atoms with Gasteiger partial charge in [0, 0.05) is 16.3 Å². The SMILES string of the molecule is O=[N+]([O-])c1cc(S)c2ccsc2c1F. The summed E-state index contributed by atoms with van der Waals surface area (Å²) in [5.41, 5.74) is -0.523. The van der Waals surface area contributed by atoms with Gasteiger partial charge in [-0.15, -0.1) is 24.0 Å². The second-order valence-corrected chi connectivity index (χ2v) is 4.05. The normalized spacial score (nSPS) is 10.7. The molecule has 0 aliphatic rings. The third-order valence-electron chi connectivity index (χ3n) is 1.84. The first-order valence-corrected chi connectivity index (χ1v) is 4.97. The summed E-state index contributed by atoms with van der Waals surface area (Å²) in [6.07, 6.45) is 0. The highest BCUT2D eigenvalue weighted by molar-refractivity contribution is 7.80. The molecule has 0 saturated carbocycles. The molecule has 2 aromatic rings. The molecule has 0 spiro atoms. The Morgan fingerprint density at radius 3 is 2.93 bits per heavy atom. The van der Waals surface area contributed by atoms with Gasteiger partial charge in [-0.2, -0.15) is 4.39 Å². The van der Waals surface area contributed by atoms with Crippen LogP contribution in [0, 0.1) is 15.9 Å². The number of hydrogen-bond acceptors (Lipinski definition) is 4. The Hall–Kier alpha value is -1.14. The summed E-state index contributed by atoms with van der Waals surface area (Å²) in [5, 5.41) is 12.8. The van der Waals surface area contributed by atoms with Gasteiger partial charge in [0.05, 0.1) is 9.62 Å². The van der Waals surface area contributed by atoms with Crippen molar-refractivity contribution >= 4 is 39.7 Å². The van der Waals surface area contributed by atoms with Gasteiger partial charge >= 0.3 is 5.69 Å². The molecule has 1 aromatic heterocycles. The van der Waals surface area contributed by atoms with Crippen LogP contribution >= 0.6 is 24.0 Å². The molecule has 0 fully saturated rings. The van der Waals surface area contributed by atoms with Crippen LogP contribution in [0.25, 0.3) is 10.1 Å². The van der Waals surface area contributed by atoms with Crippen molar-refractivity contribution < 1.29 is 9.31 Å². The van der Waals surface area contributed by atoms with Crippen LogP contribution in [0.15, 0.2) is 22.4 Å². The molecule has 14 heavy (non-hydrogen) atoms. The first kappa shape index (κ1) is 9.42. The molecule has 0 amide bonds. The van der Waals surface area contributed by atoms with Crippen molar-refractivity contribution in [2.45, 2.75) is 4.90 Å². The molecular formula is C8H4FNO2S2. The smallest absolute Gasteiger partial charge is 0.258 e. The Balaban J connectivity index is 2.88. The predicted octanol–water partition coefficient (Wildman–Crippen LogP) is 3.24. The summed E-state index contributed by atoms with van der Waals surface area (Å²) >= 11 is 5.19. The van der Waals surface area contributed by atoms with Crippen LogP contribution in [-0.4, -0.2) is 4.92 Å². The average molecular weight is 229 g/mol. The van der Waals surface area contributed by atoms with E-state index in [2.05, 4.69) is 12.6 Å². The Labute approximate surface area is 87.7 Å². The maximum Gasteiger partial charge on any atom is 0.307 e. The molecule has 72 valence electrons. The Morgan fingerprint density at radius 1 is 1.57 bits per heavy atom. The summed E-state index contributed by atoms with van der Waals surface area (Å²) < 4.78 is 13.7. The van der Waals surface area contributed by atoms with Gasteiger partial charge < -0.3 is 0 Å². The van der Waals surface area contributed by atoms with E-state index >= 15 is 0 Å². The van der Waals surface area contributed by atoms with Gasteiger partial charge in [0.15, 0.2) is 0 Å². The minimum absolute atomic E-state index is 0.282. The molecule has 0 radical (unpaired) electrons. The summed E-state index contributed by atoms with van der Waals surface area (Å²) in [7, 11) is 0. The highest BCUT2D eigenvalue weighted by atomic mass is 32.1. The number of nitro benzene ring substituents is 1. The molecule has 0 atom stereocenters. The molecule has 0 unspecified atom stereocenters. The molecule has 1 heterocycles. The number of fused-ring (bicyclic) bond motifs is 1. The third kappa shape index (κ3) is 1.27. The Kier molecular flexibility index (Phi) is 2.16. The van der Waals surface area contributed by atoms with Crippen LogP contribution in [0.3, 0.4) is 0 Å². The van der Waals surface area contributed by atoms with Crippen molar-refractivity contribution in [2.75, 3.05) is 0 Å². The predicted molar refractivity (Wildman–Crippen MR) is 55.7 cm³/mol. The highest BCUT2D eigenvalue weighted by Gasteiger charge is 2.19. The summed E-state index contributed by atoms with van der Waals surface area (Å²) in [6.45, 7) is 0. The van der Waals surface area contributed by atoms with Crippen molar-refractivity contribution in [1.82, 2.24) is 0 Å². The first-order valence-electron chi connectivity index (χ1n) is 3.64. The Morgan fingerprint density at radius 2 is 2.29 bits per heavy atom. The van der Waals surface area contributed by atoms with E-state index in [9.17, 15) is 14.5 Å².